The second kappa shape index (κ2) is 6.88. The SMILES string of the molecule is CCCC1CCC(C(=O)Cc2cccc(C)c2)CC1. The fourth-order valence-electron chi connectivity index (χ4n) is 3.35. The van der Waals surface area contributed by atoms with Crippen molar-refractivity contribution in [1.29, 1.82) is 0 Å². The third-order valence-electron chi connectivity index (χ3n) is 4.46. The van der Waals surface area contributed by atoms with E-state index >= 15 is 0 Å². The summed E-state index contributed by atoms with van der Waals surface area (Å²) in [5.74, 6) is 1.67. The number of carbonyl (C=O) groups is 1. The molecule has 0 atom stereocenters. The van der Waals surface area contributed by atoms with Gasteiger partial charge in [-0.3, -0.25) is 4.79 Å². The number of carbonyl (C=O) groups excluding carboxylic acids is 1. The zero-order chi connectivity index (χ0) is 13.7. The lowest BCUT2D eigenvalue weighted by atomic mass is 9.77. The number of hydrogen-bond acceptors (Lipinski definition) is 1. The van der Waals surface area contributed by atoms with Crippen LogP contribution in [0.2, 0.25) is 0 Å². The minimum absolute atomic E-state index is 0.327. The second-order valence-electron chi connectivity index (χ2n) is 6.14. The Morgan fingerprint density at radius 2 is 1.95 bits per heavy atom. The molecule has 0 unspecified atom stereocenters. The van der Waals surface area contributed by atoms with Gasteiger partial charge in [-0.2, -0.15) is 0 Å². The predicted octanol–water partition coefficient (Wildman–Crippen LogP) is 4.71. The van der Waals surface area contributed by atoms with Gasteiger partial charge in [-0.05, 0) is 44.1 Å². The first-order chi connectivity index (χ1) is 9.19. The third kappa shape index (κ3) is 4.19. The number of aryl methyl sites for hydroxylation is 1. The lowest BCUT2D eigenvalue weighted by Crippen LogP contribution is -2.23. The average molecular weight is 258 g/mol. The molecule has 0 aromatic heterocycles. The molecule has 1 saturated carbocycles. The summed E-state index contributed by atoms with van der Waals surface area (Å²) in [4.78, 5) is 12.3. The average Bonchev–Trinajstić information content (AvgIpc) is 2.40. The van der Waals surface area contributed by atoms with Gasteiger partial charge in [0.05, 0.1) is 0 Å². The Balaban J connectivity index is 1.84. The number of benzene rings is 1. The lowest BCUT2D eigenvalue weighted by molar-refractivity contribution is -0.123. The molecule has 0 amide bonds. The molecule has 2 rings (SSSR count). The van der Waals surface area contributed by atoms with Crippen molar-refractivity contribution in [3.63, 3.8) is 0 Å². The molecule has 1 nitrogen and oxygen atoms in total. The van der Waals surface area contributed by atoms with Gasteiger partial charge in [0, 0.05) is 12.3 Å². The van der Waals surface area contributed by atoms with Crippen molar-refractivity contribution in [2.45, 2.75) is 58.8 Å². The maximum Gasteiger partial charge on any atom is 0.140 e. The van der Waals surface area contributed by atoms with Gasteiger partial charge < -0.3 is 0 Å². The van der Waals surface area contributed by atoms with Crippen LogP contribution in [0.4, 0.5) is 0 Å². The van der Waals surface area contributed by atoms with Gasteiger partial charge in [0.15, 0.2) is 0 Å². The third-order valence-corrected chi connectivity index (χ3v) is 4.46. The molecule has 1 fully saturated rings. The van der Waals surface area contributed by atoms with Crippen LogP contribution in [-0.2, 0) is 11.2 Å². The minimum Gasteiger partial charge on any atom is -0.299 e. The maximum absolute atomic E-state index is 12.3. The van der Waals surface area contributed by atoms with E-state index < -0.39 is 0 Å². The normalized spacial score (nSPS) is 23.3. The van der Waals surface area contributed by atoms with Crippen LogP contribution in [0.15, 0.2) is 24.3 Å². The summed E-state index contributed by atoms with van der Waals surface area (Å²) >= 11 is 0. The number of rotatable bonds is 5. The summed E-state index contributed by atoms with van der Waals surface area (Å²) in [5.41, 5.74) is 2.43. The molecule has 0 bridgehead atoms. The van der Waals surface area contributed by atoms with Crippen LogP contribution in [0.25, 0.3) is 0 Å². The quantitative estimate of drug-likeness (QED) is 0.747. The molecule has 1 aliphatic carbocycles. The molecule has 0 saturated heterocycles. The smallest absolute Gasteiger partial charge is 0.140 e. The Kier molecular flexibility index (Phi) is 5.18. The van der Waals surface area contributed by atoms with Crippen molar-refractivity contribution in [3.8, 4) is 0 Å². The molecule has 1 aromatic rings. The van der Waals surface area contributed by atoms with E-state index in [-0.39, 0.29) is 0 Å². The minimum atomic E-state index is 0.327. The van der Waals surface area contributed by atoms with Crippen LogP contribution in [-0.4, -0.2) is 5.78 Å². The van der Waals surface area contributed by atoms with Gasteiger partial charge in [0.1, 0.15) is 5.78 Å². The van der Waals surface area contributed by atoms with E-state index in [2.05, 4.69) is 38.1 Å². The molecule has 0 aliphatic heterocycles. The molecule has 1 heteroatoms. The summed E-state index contributed by atoms with van der Waals surface area (Å²) in [6.45, 7) is 4.35. The Morgan fingerprint density at radius 3 is 2.58 bits per heavy atom. The van der Waals surface area contributed by atoms with Crippen LogP contribution < -0.4 is 0 Å². The molecular formula is C18H26O. The summed E-state index contributed by atoms with van der Waals surface area (Å²) < 4.78 is 0. The molecule has 0 heterocycles. The van der Waals surface area contributed by atoms with Gasteiger partial charge in [0.25, 0.3) is 0 Å². The van der Waals surface area contributed by atoms with E-state index in [1.165, 1.54) is 36.8 Å². The van der Waals surface area contributed by atoms with E-state index in [0.29, 0.717) is 18.1 Å². The molecule has 19 heavy (non-hydrogen) atoms. The molecule has 0 radical (unpaired) electrons. The van der Waals surface area contributed by atoms with Gasteiger partial charge in [-0.1, -0.05) is 49.6 Å². The van der Waals surface area contributed by atoms with Gasteiger partial charge in [-0.15, -0.1) is 0 Å². The fourth-order valence-corrected chi connectivity index (χ4v) is 3.35. The summed E-state index contributed by atoms with van der Waals surface area (Å²) in [6, 6.07) is 8.36. The zero-order valence-corrected chi connectivity index (χ0v) is 12.3. The highest BCUT2D eigenvalue weighted by molar-refractivity contribution is 5.83. The summed E-state index contributed by atoms with van der Waals surface area (Å²) in [5, 5.41) is 0. The molecule has 1 aliphatic rings. The van der Waals surface area contributed by atoms with Crippen LogP contribution in [0.1, 0.15) is 56.6 Å². The summed E-state index contributed by atoms with van der Waals surface area (Å²) in [7, 11) is 0. The van der Waals surface area contributed by atoms with E-state index in [4.69, 9.17) is 0 Å². The first-order valence-electron chi connectivity index (χ1n) is 7.77. The van der Waals surface area contributed by atoms with Gasteiger partial charge >= 0.3 is 0 Å². The highest BCUT2D eigenvalue weighted by Gasteiger charge is 2.25. The fraction of sp³-hybridized carbons (Fsp3) is 0.611. The Bertz CT molecular complexity index is 413. The van der Waals surface area contributed by atoms with E-state index in [0.717, 1.165) is 18.8 Å². The van der Waals surface area contributed by atoms with Crippen LogP contribution in [0.3, 0.4) is 0 Å². The highest BCUT2D eigenvalue weighted by Crippen LogP contribution is 2.32. The van der Waals surface area contributed by atoms with Crippen molar-refractivity contribution >= 4 is 5.78 Å². The lowest BCUT2D eigenvalue weighted by Gasteiger charge is -2.27. The highest BCUT2D eigenvalue weighted by atomic mass is 16.1. The van der Waals surface area contributed by atoms with Gasteiger partial charge in [0.2, 0.25) is 0 Å². The molecule has 0 N–H and O–H groups in total. The monoisotopic (exact) mass is 258 g/mol. The van der Waals surface area contributed by atoms with E-state index in [9.17, 15) is 4.79 Å². The zero-order valence-electron chi connectivity index (χ0n) is 12.3. The topological polar surface area (TPSA) is 17.1 Å². The molecule has 1 aromatic carbocycles. The standard InChI is InChI=1S/C18H26O/c1-3-5-15-8-10-17(11-9-15)18(19)13-16-7-4-6-14(2)12-16/h4,6-7,12,15,17H,3,5,8-11,13H2,1-2H3. The van der Waals surface area contributed by atoms with Crippen molar-refractivity contribution < 1.29 is 4.79 Å². The first-order valence-corrected chi connectivity index (χ1v) is 7.77. The van der Waals surface area contributed by atoms with Crippen molar-refractivity contribution in [2.24, 2.45) is 11.8 Å². The first kappa shape index (κ1) is 14.3. The molecular weight excluding hydrogens is 232 g/mol. The van der Waals surface area contributed by atoms with E-state index in [1.54, 1.807) is 0 Å². The Hall–Kier alpha value is -1.11. The largest absolute Gasteiger partial charge is 0.299 e. The number of ketones is 1. The van der Waals surface area contributed by atoms with Crippen LogP contribution in [0.5, 0.6) is 0 Å². The maximum atomic E-state index is 12.3. The van der Waals surface area contributed by atoms with Crippen molar-refractivity contribution in [1.82, 2.24) is 0 Å². The molecule has 0 spiro atoms. The van der Waals surface area contributed by atoms with Gasteiger partial charge in [-0.25, -0.2) is 0 Å². The van der Waals surface area contributed by atoms with Crippen LogP contribution >= 0.6 is 0 Å². The number of Topliss-reactive ketones (excluding diaryl/α,β-unsaturated/α-hetero) is 1. The Labute approximate surface area is 117 Å². The summed E-state index contributed by atoms with van der Waals surface area (Å²) in [6.07, 6.45) is 8.02. The molecule has 104 valence electrons. The van der Waals surface area contributed by atoms with Crippen LogP contribution in [0, 0.1) is 18.8 Å². The van der Waals surface area contributed by atoms with E-state index in [1.807, 2.05) is 0 Å². The Morgan fingerprint density at radius 1 is 1.21 bits per heavy atom. The van der Waals surface area contributed by atoms with Crippen molar-refractivity contribution in [2.75, 3.05) is 0 Å². The number of hydrogen-bond donors (Lipinski definition) is 0. The predicted molar refractivity (Wildman–Crippen MR) is 80.2 cm³/mol. The second-order valence-corrected chi connectivity index (χ2v) is 6.14. The van der Waals surface area contributed by atoms with Crippen molar-refractivity contribution in [3.05, 3.63) is 35.4 Å².